The molecule has 126 valence electrons. The van der Waals surface area contributed by atoms with E-state index < -0.39 is 0 Å². The van der Waals surface area contributed by atoms with E-state index in [0.29, 0.717) is 0 Å². The molecule has 26 heavy (non-hydrogen) atoms. The number of benzene rings is 3. The van der Waals surface area contributed by atoms with Crippen molar-refractivity contribution >= 4 is 21.8 Å². The SMILES string of the molecule is c1ccc(CCn2cc3ccccc3c2-n2nnc3ccccc32)cc1. The second-order valence-corrected chi connectivity index (χ2v) is 6.46. The van der Waals surface area contributed by atoms with Gasteiger partial charge >= 0.3 is 0 Å². The highest BCUT2D eigenvalue weighted by molar-refractivity contribution is 5.91. The number of hydrogen-bond donors (Lipinski definition) is 0. The maximum atomic E-state index is 4.45. The Labute approximate surface area is 151 Å². The molecular formula is C22H18N4. The number of hydrogen-bond acceptors (Lipinski definition) is 2. The molecule has 0 aliphatic carbocycles. The van der Waals surface area contributed by atoms with Crippen LogP contribution in [-0.4, -0.2) is 19.6 Å². The van der Waals surface area contributed by atoms with Gasteiger partial charge in [-0.25, -0.2) is 0 Å². The average molecular weight is 338 g/mol. The van der Waals surface area contributed by atoms with Crippen molar-refractivity contribution in [3.8, 4) is 5.82 Å². The molecule has 2 aromatic heterocycles. The van der Waals surface area contributed by atoms with E-state index in [1.54, 1.807) is 0 Å². The van der Waals surface area contributed by atoms with Gasteiger partial charge in [-0.1, -0.05) is 71.9 Å². The van der Waals surface area contributed by atoms with Crippen LogP contribution in [0.15, 0.2) is 85.1 Å². The Morgan fingerprint density at radius 3 is 2.46 bits per heavy atom. The van der Waals surface area contributed by atoms with Crippen LogP contribution < -0.4 is 0 Å². The fourth-order valence-corrected chi connectivity index (χ4v) is 3.52. The molecule has 2 heterocycles. The first-order valence-corrected chi connectivity index (χ1v) is 8.83. The van der Waals surface area contributed by atoms with Crippen LogP contribution in [0.3, 0.4) is 0 Å². The van der Waals surface area contributed by atoms with E-state index in [4.69, 9.17) is 0 Å². The maximum Gasteiger partial charge on any atom is 0.144 e. The normalized spacial score (nSPS) is 11.4. The van der Waals surface area contributed by atoms with Gasteiger partial charge in [-0.05, 0) is 24.1 Å². The van der Waals surface area contributed by atoms with Crippen LogP contribution >= 0.6 is 0 Å². The highest BCUT2D eigenvalue weighted by Gasteiger charge is 2.15. The second kappa shape index (κ2) is 6.15. The standard InChI is InChI=1S/C22H18N4/c1-2-8-17(9-3-1)14-15-25-16-18-10-4-5-11-19(18)22(25)26-21-13-7-6-12-20(21)23-24-26/h1-13,16H,14-15H2. The van der Waals surface area contributed by atoms with Crippen molar-refractivity contribution in [3.05, 3.63) is 90.6 Å². The van der Waals surface area contributed by atoms with Crippen LogP contribution in [0.2, 0.25) is 0 Å². The Kier molecular flexibility index (Phi) is 3.53. The molecule has 0 N–H and O–H groups in total. The van der Waals surface area contributed by atoms with Crippen LogP contribution in [0.25, 0.3) is 27.6 Å². The number of nitrogens with zero attached hydrogens (tertiary/aromatic N) is 4. The van der Waals surface area contributed by atoms with E-state index in [2.05, 4.69) is 81.7 Å². The summed E-state index contributed by atoms with van der Waals surface area (Å²) >= 11 is 0. The molecule has 0 aliphatic heterocycles. The van der Waals surface area contributed by atoms with Crippen molar-refractivity contribution in [1.29, 1.82) is 0 Å². The molecule has 0 amide bonds. The van der Waals surface area contributed by atoms with Gasteiger partial charge in [0.2, 0.25) is 0 Å². The van der Waals surface area contributed by atoms with E-state index >= 15 is 0 Å². The molecule has 4 heteroatoms. The summed E-state index contributed by atoms with van der Waals surface area (Å²) < 4.78 is 4.25. The van der Waals surface area contributed by atoms with Gasteiger partial charge in [0.25, 0.3) is 0 Å². The van der Waals surface area contributed by atoms with E-state index in [9.17, 15) is 0 Å². The highest BCUT2D eigenvalue weighted by atomic mass is 15.5. The zero-order valence-corrected chi connectivity index (χ0v) is 14.3. The lowest BCUT2D eigenvalue weighted by Gasteiger charge is -2.10. The molecule has 3 aromatic carbocycles. The second-order valence-electron chi connectivity index (χ2n) is 6.46. The summed E-state index contributed by atoms with van der Waals surface area (Å²) in [6, 6.07) is 27.1. The Hall–Kier alpha value is -3.40. The molecule has 0 saturated heterocycles. The number of para-hydroxylation sites is 1. The Morgan fingerprint density at radius 2 is 1.54 bits per heavy atom. The van der Waals surface area contributed by atoms with Crippen molar-refractivity contribution in [2.75, 3.05) is 0 Å². The zero-order valence-electron chi connectivity index (χ0n) is 14.3. The summed E-state index contributed by atoms with van der Waals surface area (Å²) in [5.41, 5.74) is 3.27. The van der Waals surface area contributed by atoms with E-state index in [1.165, 1.54) is 16.3 Å². The molecule has 5 rings (SSSR count). The maximum absolute atomic E-state index is 4.45. The van der Waals surface area contributed by atoms with Crippen LogP contribution in [0.4, 0.5) is 0 Å². The molecule has 0 saturated carbocycles. The molecule has 5 aromatic rings. The van der Waals surface area contributed by atoms with Crippen molar-refractivity contribution in [2.24, 2.45) is 0 Å². The Morgan fingerprint density at radius 1 is 0.769 bits per heavy atom. The minimum Gasteiger partial charge on any atom is -0.331 e. The summed E-state index contributed by atoms with van der Waals surface area (Å²) in [6.45, 7) is 0.891. The topological polar surface area (TPSA) is 35.6 Å². The molecule has 0 radical (unpaired) electrons. The van der Waals surface area contributed by atoms with Gasteiger partial charge in [0.15, 0.2) is 0 Å². The van der Waals surface area contributed by atoms with Crippen LogP contribution in [0, 0.1) is 0 Å². The van der Waals surface area contributed by atoms with Gasteiger partial charge in [0.1, 0.15) is 11.3 Å². The van der Waals surface area contributed by atoms with E-state index in [0.717, 1.165) is 29.8 Å². The van der Waals surface area contributed by atoms with E-state index in [-0.39, 0.29) is 0 Å². The zero-order chi connectivity index (χ0) is 17.3. The number of aromatic nitrogens is 4. The number of rotatable bonds is 4. The minimum absolute atomic E-state index is 0.891. The average Bonchev–Trinajstić information content (AvgIpc) is 3.28. The fourth-order valence-electron chi connectivity index (χ4n) is 3.52. The van der Waals surface area contributed by atoms with Crippen LogP contribution in [-0.2, 0) is 13.0 Å². The monoisotopic (exact) mass is 338 g/mol. The van der Waals surface area contributed by atoms with Crippen molar-refractivity contribution < 1.29 is 0 Å². The van der Waals surface area contributed by atoms with Gasteiger partial charge in [-0.2, -0.15) is 4.68 Å². The van der Waals surface area contributed by atoms with Gasteiger partial charge in [-0.3, -0.25) is 0 Å². The van der Waals surface area contributed by atoms with Crippen molar-refractivity contribution in [3.63, 3.8) is 0 Å². The summed E-state index contributed by atoms with van der Waals surface area (Å²) in [7, 11) is 0. The molecule has 0 fully saturated rings. The van der Waals surface area contributed by atoms with Crippen LogP contribution in [0.5, 0.6) is 0 Å². The van der Waals surface area contributed by atoms with E-state index in [1.807, 2.05) is 22.9 Å². The number of fused-ring (bicyclic) bond motifs is 2. The highest BCUT2D eigenvalue weighted by Crippen LogP contribution is 2.27. The van der Waals surface area contributed by atoms with Crippen LogP contribution in [0.1, 0.15) is 5.56 Å². The predicted molar refractivity (Wildman–Crippen MR) is 105 cm³/mol. The third-order valence-electron chi connectivity index (χ3n) is 4.81. The third-order valence-corrected chi connectivity index (χ3v) is 4.81. The molecule has 0 spiro atoms. The first kappa shape index (κ1) is 14.9. The van der Waals surface area contributed by atoms with Gasteiger partial charge in [0.05, 0.1) is 5.52 Å². The lowest BCUT2D eigenvalue weighted by molar-refractivity contribution is 0.659. The smallest absolute Gasteiger partial charge is 0.144 e. The van der Waals surface area contributed by atoms with Gasteiger partial charge < -0.3 is 4.57 Å². The summed E-state index contributed by atoms with van der Waals surface area (Å²) in [5.74, 6) is 1.07. The molecular weight excluding hydrogens is 320 g/mol. The summed E-state index contributed by atoms with van der Waals surface area (Å²) in [4.78, 5) is 0. The van der Waals surface area contributed by atoms with Gasteiger partial charge in [0, 0.05) is 23.5 Å². The lowest BCUT2D eigenvalue weighted by atomic mass is 10.1. The third kappa shape index (κ3) is 2.47. The lowest BCUT2D eigenvalue weighted by Crippen LogP contribution is -2.08. The number of aryl methyl sites for hydroxylation is 2. The first-order chi connectivity index (χ1) is 12.9. The quantitative estimate of drug-likeness (QED) is 0.479. The predicted octanol–water partition coefficient (Wildman–Crippen LogP) is 4.62. The fraction of sp³-hybridized carbons (Fsp3) is 0.0909. The van der Waals surface area contributed by atoms with Crippen molar-refractivity contribution in [2.45, 2.75) is 13.0 Å². The Balaban J connectivity index is 1.65. The molecule has 0 atom stereocenters. The van der Waals surface area contributed by atoms with Crippen molar-refractivity contribution in [1.82, 2.24) is 19.6 Å². The first-order valence-electron chi connectivity index (χ1n) is 8.83. The minimum atomic E-state index is 0.891. The molecule has 4 nitrogen and oxygen atoms in total. The largest absolute Gasteiger partial charge is 0.331 e. The van der Waals surface area contributed by atoms with Gasteiger partial charge in [-0.15, -0.1) is 5.10 Å². The molecule has 0 bridgehead atoms. The summed E-state index contributed by atoms with van der Waals surface area (Å²) in [5, 5.41) is 11.2. The summed E-state index contributed by atoms with van der Waals surface area (Å²) in [6.07, 6.45) is 3.19. The Bertz CT molecular complexity index is 1180. The molecule has 0 aliphatic rings. The molecule has 0 unspecified atom stereocenters.